The minimum atomic E-state index is -0.240. The third-order valence-corrected chi connectivity index (χ3v) is 6.15. The van der Waals surface area contributed by atoms with Crippen molar-refractivity contribution in [1.29, 1.82) is 0 Å². The highest BCUT2D eigenvalue weighted by molar-refractivity contribution is 5.22. The lowest BCUT2D eigenvalue weighted by atomic mass is 9.55. The smallest absolute Gasteiger partial charge is 0.123 e. The quantitative estimate of drug-likeness (QED) is 0.560. The number of epoxide rings is 1. The van der Waals surface area contributed by atoms with Crippen LogP contribution in [0.25, 0.3) is 0 Å². The zero-order valence-electron chi connectivity index (χ0n) is 11.3. The summed E-state index contributed by atoms with van der Waals surface area (Å²) in [5.41, 5.74) is 1.76. The SMILES string of the molecule is CC1=CC[C@@](C)([C@@]2(C)CC[C@@H](O)[C@]23CO3)CC1. The van der Waals surface area contributed by atoms with Gasteiger partial charge in [0.05, 0.1) is 12.7 Å². The summed E-state index contributed by atoms with van der Waals surface area (Å²) in [6, 6.07) is 0. The highest BCUT2D eigenvalue weighted by atomic mass is 16.6. The Balaban J connectivity index is 1.93. The van der Waals surface area contributed by atoms with E-state index in [1.54, 1.807) is 0 Å². The Morgan fingerprint density at radius 1 is 1.35 bits per heavy atom. The first kappa shape index (κ1) is 11.7. The molecule has 4 atom stereocenters. The molecule has 2 heteroatoms. The van der Waals surface area contributed by atoms with Gasteiger partial charge < -0.3 is 9.84 Å². The molecule has 2 aliphatic carbocycles. The second-order valence-corrected chi connectivity index (χ2v) is 6.88. The highest BCUT2D eigenvalue weighted by Gasteiger charge is 2.71. The van der Waals surface area contributed by atoms with E-state index >= 15 is 0 Å². The fraction of sp³-hybridized carbons (Fsp3) is 0.867. The molecular formula is C15H24O2. The molecule has 2 fully saturated rings. The van der Waals surface area contributed by atoms with E-state index in [4.69, 9.17) is 4.74 Å². The molecule has 1 saturated carbocycles. The maximum Gasteiger partial charge on any atom is 0.123 e. The average molecular weight is 236 g/mol. The molecule has 0 aromatic carbocycles. The summed E-state index contributed by atoms with van der Waals surface area (Å²) < 4.78 is 5.76. The van der Waals surface area contributed by atoms with Gasteiger partial charge in [-0.05, 0) is 44.4 Å². The molecule has 17 heavy (non-hydrogen) atoms. The van der Waals surface area contributed by atoms with Gasteiger partial charge in [0.2, 0.25) is 0 Å². The first-order valence-electron chi connectivity index (χ1n) is 6.91. The van der Waals surface area contributed by atoms with E-state index in [-0.39, 0.29) is 17.1 Å². The Morgan fingerprint density at radius 2 is 2.06 bits per heavy atom. The van der Waals surface area contributed by atoms with Crippen molar-refractivity contribution in [2.45, 2.75) is 64.6 Å². The number of hydrogen-bond donors (Lipinski definition) is 1. The van der Waals surface area contributed by atoms with Gasteiger partial charge in [0.25, 0.3) is 0 Å². The van der Waals surface area contributed by atoms with E-state index in [9.17, 15) is 5.11 Å². The third kappa shape index (κ3) is 1.34. The molecule has 1 aliphatic heterocycles. The van der Waals surface area contributed by atoms with E-state index in [0.29, 0.717) is 5.41 Å². The van der Waals surface area contributed by atoms with Crippen LogP contribution < -0.4 is 0 Å². The average Bonchev–Trinajstić information content (AvgIpc) is 3.06. The van der Waals surface area contributed by atoms with Gasteiger partial charge in [-0.15, -0.1) is 0 Å². The third-order valence-electron chi connectivity index (χ3n) is 6.15. The maximum atomic E-state index is 10.2. The molecule has 3 rings (SSSR count). The first-order valence-corrected chi connectivity index (χ1v) is 6.91. The molecule has 1 saturated heterocycles. The van der Waals surface area contributed by atoms with Crippen LogP contribution >= 0.6 is 0 Å². The predicted octanol–water partition coefficient (Wildman–Crippen LogP) is 3.05. The van der Waals surface area contributed by atoms with Crippen molar-refractivity contribution in [2.24, 2.45) is 10.8 Å². The Bertz CT molecular complexity index is 369. The molecule has 1 spiro atoms. The minimum absolute atomic E-state index is 0.149. The number of allylic oxidation sites excluding steroid dienone is 2. The van der Waals surface area contributed by atoms with Crippen LogP contribution in [0.2, 0.25) is 0 Å². The Labute approximate surface area is 104 Å². The summed E-state index contributed by atoms with van der Waals surface area (Å²) in [5, 5.41) is 10.2. The van der Waals surface area contributed by atoms with E-state index < -0.39 is 0 Å². The minimum Gasteiger partial charge on any atom is -0.390 e. The maximum absolute atomic E-state index is 10.2. The summed E-state index contributed by atoms with van der Waals surface area (Å²) in [5.74, 6) is 0. The molecule has 0 aromatic heterocycles. The number of aliphatic hydroxyl groups is 1. The molecule has 1 N–H and O–H groups in total. The Kier molecular flexibility index (Phi) is 2.32. The van der Waals surface area contributed by atoms with E-state index in [0.717, 1.165) is 25.9 Å². The summed E-state index contributed by atoms with van der Waals surface area (Å²) in [6.45, 7) is 7.75. The summed E-state index contributed by atoms with van der Waals surface area (Å²) in [7, 11) is 0. The number of aliphatic hydroxyl groups excluding tert-OH is 1. The molecule has 96 valence electrons. The zero-order chi connectivity index (χ0) is 12.3. The molecule has 0 aromatic rings. The van der Waals surface area contributed by atoms with Crippen LogP contribution in [0.3, 0.4) is 0 Å². The van der Waals surface area contributed by atoms with Gasteiger partial charge in [-0.3, -0.25) is 0 Å². The lowest BCUT2D eigenvalue weighted by molar-refractivity contribution is -0.0371. The van der Waals surface area contributed by atoms with E-state index in [1.165, 1.54) is 18.4 Å². The second-order valence-electron chi connectivity index (χ2n) is 6.88. The molecular weight excluding hydrogens is 212 g/mol. The first-order chi connectivity index (χ1) is 7.94. The topological polar surface area (TPSA) is 32.8 Å². The standard InChI is InChI=1S/C15H24O2/c1-11-4-7-13(2,8-5-11)14(3)9-6-12(16)15(14)10-17-15/h4,12,16H,5-10H2,1-3H3/t12-,13-,14-,15-/m1/s1. The van der Waals surface area contributed by atoms with Crippen molar-refractivity contribution in [3.05, 3.63) is 11.6 Å². The van der Waals surface area contributed by atoms with Crippen LogP contribution in [-0.2, 0) is 4.74 Å². The molecule has 0 amide bonds. The molecule has 3 aliphatic rings. The summed E-state index contributed by atoms with van der Waals surface area (Å²) >= 11 is 0. The molecule has 2 nitrogen and oxygen atoms in total. The molecule has 0 radical (unpaired) electrons. The fourth-order valence-electron chi connectivity index (χ4n) is 4.22. The van der Waals surface area contributed by atoms with Crippen molar-refractivity contribution >= 4 is 0 Å². The Hall–Kier alpha value is -0.340. The van der Waals surface area contributed by atoms with Crippen molar-refractivity contribution < 1.29 is 9.84 Å². The predicted molar refractivity (Wildman–Crippen MR) is 67.7 cm³/mol. The van der Waals surface area contributed by atoms with Gasteiger partial charge in [0.1, 0.15) is 5.60 Å². The number of hydrogen-bond acceptors (Lipinski definition) is 2. The van der Waals surface area contributed by atoms with Gasteiger partial charge in [-0.1, -0.05) is 25.5 Å². The van der Waals surface area contributed by atoms with Gasteiger partial charge >= 0.3 is 0 Å². The number of rotatable bonds is 1. The normalized spacial score (nSPS) is 53.9. The molecule has 0 bridgehead atoms. The van der Waals surface area contributed by atoms with E-state index in [1.807, 2.05) is 0 Å². The second kappa shape index (κ2) is 3.36. The molecule has 1 heterocycles. The van der Waals surface area contributed by atoms with Gasteiger partial charge in [-0.2, -0.15) is 0 Å². The van der Waals surface area contributed by atoms with Gasteiger partial charge in [-0.25, -0.2) is 0 Å². The lowest BCUT2D eigenvalue weighted by Gasteiger charge is -2.49. The van der Waals surface area contributed by atoms with Crippen molar-refractivity contribution in [3.8, 4) is 0 Å². The fourth-order valence-corrected chi connectivity index (χ4v) is 4.22. The van der Waals surface area contributed by atoms with Gasteiger partial charge in [0, 0.05) is 5.41 Å². The zero-order valence-corrected chi connectivity index (χ0v) is 11.3. The Morgan fingerprint density at radius 3 is 2.59 bits per heavy atom. The van der Waals surface area contributed by atoms with Crippen molar-refractivity contribution in [3.63, 3.8) is 0 Å². The van der Waals surface area contributed by atoms with Crippen LogP contribution in [0.4, 0.5) is 0 Å². The van der Waals surface area contributed by atoms with Crippen molar-refractivity contribution in [2.75, 3.05) is 6.61 Å². The van der Waals surface area contributed by atoms with E-state index in [2.05, 4.69) is 26.8 Å². The van der Waals surface area contributed by atoms with Crippen molar-refractivity contribution in [1.82, 2.24) is 0 Å². The summed E-state index contributed by atoms with van der Waals surface area (Å²) in [6.07, 6.45) is 7.77. The lowest BCUT2D eigenvalue weighted by Crippen LogP contribution is -2.49. The van der Waals surface area contributed by atoms with Crippen LogP contribution in [-0.4, -0.2) is 23.4 Å². The molecule has 0 unspecified atom stereocenters. The highest BCUT2D eigenvalue weighted by Crippen LogP contribution is 2.66. The van der Waals surface area contributed by atoms with Crippen LogP contribution in [0, 0.1) is 10.8 Å². The summed E-state index contributed by atoms with van der Waals surface area (Å²) in [4.78, 5) is 0. The van der Waals surface area contributed by atoms with Crippen LogP contribution in [0.5, 0.6) is 0 Å². The van der Waals surface area contributed by atoms with Crippen LogP contribution in [0.15, 0.2) is 11.6 Å². The van der Waals surface area contributed by atoms with Gasteiger partial charge in [0.15, 0.2) is 0 Å². The largest absolute Gasteiger partial charge is 0.390 e. The number of ether oxygens (including phenoxy) is 1. The monoisotopic (exact) mass is 236 g/mol. The van der Waals surface area contributed by atoms with Crippen LogP contribution in [0.1, 0.15) is 52.9 Å².